The molecule has 1 aromatic carbocycles. The highest BCUT2D eigenvalue weighted by Gasteiger charge is 2.17. The summed E-state index contributed by atoms with van der Waals surface area (Å²) in [5.41, 5.74) is 4.46. The number of aliphatic hydroxyl groups is 1. The molecule has 0 saturated heterocycles. The third-order valence-electron chi connectivity index (χ3n) is 4.33. The minimum absolute atomic E-state index is 0.0664. The van der Waals surface area contributed by atoms with Crippen LogP contribution in [0.5, 0.6) is 5.75 Å². The maximum Gasteiger partial charge on any atom is 0.177 e. The van der Waals surface area contributed by atoms with Crippen LogP contribution in [0.1, 0.15) is 44.5 Å². The topological polar surface area (TPSA) is 76.0 Å². The molecule has 3 rings (SSSR count). The van der Waals surface area contributed by atoms with Gasteiger partial charge in [-0.05, 0) is 45.4 Å². The van der Waals surface area contributed by atoms with Crippen LogP contribution in [0.2, 0.25) is 0 Å². The zero-order valence-electron chi connectivity index (χ0n) is 14.6. The molecule has 2 N–H and O–H groups in total. The smallest absolute Gasteiger partial charge is 0.177 e. The Bertz CT molecular complexity index is 850. The van der Waals surface area contributed by atoms with Gasteiger partial charge in [0.15, 0.2) is 5.65 Å². The minimum atomic E-state index is -0.0664. The minimum Gasteiger partial charge on any atom is -0.494 e. The van der Waals surface area contributed by atoms with Crippen molar-refractivity contribution in [3.05, 3.63) is 29.5 Å². The highest BCUT2D eigenvalue weighted by atomic mass is 16.5. The molecule has 3 aromatic rings. The molecular formula is C18H24N4O2. The van der Waals surface area contributed by atoms with Gasteiger partial charge in [0.05, 0.1) is 24.9 Å². The molecule has 0 spiro atoms. The van der Waals surface area contributed by atoms with Crippen molar-refractivity contribution in [3.63, 3.8) is 0 Å². The van der Waals surface area contributed by atoms with E-state index in [2.05, 4.69) is 23.9 Å². The summed E-state index contributed by atoms with van der Waals surface area (Å²) >= 11 is 0. The number of aliphatic hydroxyl groups excluding tert-OH is 1. The van der Waals surface area contributed by atoms with E-state index in [4.69, 9.17) is 9.72 Å². The first-order chi connectivity index (χ1) is 11.6. The summed E-state index contributed by atoms with van der Waals surface area (Å²) in [6, 6.07) is 6.05. The second-order valence-electron chi connectivity index (χ2n) is 5.98. The van der Waals surface area contributed by atoms with Crippen molar-refractivity contribution >= 4 is 11.2 Å². The fraction of sp³-hybridized carbons (Fsp3) is 0.444. The van der Waals surface area contributed by atoms with Gasteiger partial charge in [0.2, 0.25) is 0 Å². The van der Waals surface area contributed by atoms with Crippen LogP contribution in [0.4, 0.5) is 0 Å². The van der Waals surface area contributed by atoms with E-state index in [0.717, 1.165) is 40.2 Å². The predicted molar refractivity (Wildman–Crippen MR) is 94.1 cm³/mol. The molecule has 0 saturated carbocycles. The number of nitrogens with zero attached hydrogens (tertiary/aromatic N) is 3. The van der Waals surface area contributed by atoms with Gasteiger partial charge in [-0.15, -0.1) is 0 Å². The maximum atomic E-state index is 9.58. The van der Waals surface area contributed by atoms with Crippen LogP contribution < -0.4 is 4.74 Å². The first kappa shape index (κ1) is 16.5. The average molecular weight is 328 g/mol. The summed E-state index contributed by atoms with van der Waals surface area (Å²) in [7, 11) is 0. The summed E-state index contributed by atoms with van der Waals surface area (Å²) < 4.78 is 7.52. The number of hydrogen-bond acceptors (Lipinski definition) is 4. The van der Waals surface area contributed by atoms with Crippen LogP contribution in [-0.4, -0.2) is 31.5 Å². The van der Waals surface area contributed by atoms with Gasteiger partial charge in [0.25, 0.3) is 0 Å². The molecule has 0 radical (unpaired) electrons. The summed E-state index contributed by atoms with van der Waals surface area (Å²) in [5, 5.41) is 14.2. The molecule has 2 heterocycles. The van der Waals surface area contributed by atoms with E-state index in [1.807, 2.05) is 36.7 Å². The molecule has 0 bridgehead atoms. The van der Waals surface area contributed by atoms with E-state index < -0.39 is 0 Å². The van der Waals surface area contributed by atoms with Crippen molar-refractivity contribution in [1.29, 1.82) is 0 Å². The Labute approximate surface area is 141 Å². The zero-order chi connectivity index (χ0) is 17.3. The number of aromatic amines is 1. The lowest BCUT2D eigenvalue weighted by Crippen LogP contribution is -2.06. The molecular weight excluding hydrogens is 304 g/mol. The van der Waals surface area contributed by atoms with Crippen LogP contribution in [-0.2, 0) is 6.61 Å². The average Bonchev–Trinajstić information content (AvgIpc) is 3.15. The Balaban J connectivity index is 2.06. The fourth-order valence-corrected chi connectivity index (χ4v) is 2.80. The Morgan fingerprint density at radius 3 is 2.79 bits per heavy atom. The molecule has 128 valence electrons. The van der Waals surface area contributed by atoms with Gasteiger partial charge in [-0.25, -0.2) is 9.67 Å². The maximum absolute atomic E-state index is 9.58. The number of imidazole rings is 1. The predicted octanol–water partition coefficient (Wildman–Crippen LogP) is 3.60. The normalized spacial score (nSPS) is 12.7. The number of ether oxygens (including phenoxy) is 1. The van der Waals surface area contributed by atoms with Crippen molar-refractivity contribution in [2.24, 2.45) is 0 Å². The van der Waals surface area contributed by atoms with E-state index in [9.17, 15) is 5.11 Å². The van der Waals surface area contributed by atoms with E-state index in [1.54, 1.807) is 0 Å². The van der Waals surface area contributed by atoms with Gasteiger partial charge in [0, 0.05) is 11.1 Å². The van der Waals surface area contributed by atoms with Crippen LogP contribution in [0.15, 0.2) is 18.2 Å². The van der Waals surface area contributed by atoms with E-state index >= 15 is 0 Å². The Morgan fingerprint density at radius 1 is 1.33 bits per heavy atom. The second-order valence-corrected chi connectivity index (χ2v) is 5.98. The van der Waals surface area contributed by atoms with E-state index in [1.165, 1.54) is 0 Å². The van der Waals surface area contributed by atoms with E-state index in [-0.39, 0.29) is 6.61 Å². The van der Waals surface area contributed by atoms with Gasteiger partial charge in [-0.3, -0.25) is 0 Å². The lowest BCUT2D eigenvalue weighted by molar-refractivity contribution is 0.267. The quantitative estimate of drug-likeness (QED) is 0.725. The summed E-state index contributed by atoms with van der Waals surface area (Å²) in [6.07, 6.45) is 0.996. The third-order valence-corrected chi connectivity index (χ3v) is 4.33. The van der Waals surface area contributed by atoms with Gasteiger partial charge < -0.3 is 14.8 Å². The molecule has 0 fully saturated rings. The largest absolute Gasteiger partial charge is 0.494 e. The molecule has 6 heteroatoms. The van der Waals surface area contributed by atoms with Gasteiger partial charge >= 0.3 is 0 Å². The first-order valence-electron chi connectivity index (χ1n) is 8.40. The molecule has 24 heavy (non-hydrogen) atoms. The van der Waals surface area contributed by atoms with Crippen LogP contribution >= 0.6 is 0 Å². The molecule has 0 amide bonds. The lowest BCUT2D eigenvalue weighted by atomic mass is 10.1. The van der Waals surface area contributed by atoms with E-state index in [0.29, 0.717) is 18.4 Å². The van der Waals surface area contributed by atoms with Crippen molar-refractivity contribution in [2.45, 2.75) is 46.8 Å². The number of aromatic nitrogens is 4. The SMILES string of the molecule is CCOc1ccc(-c2nc3c([nH]2)c(C)nn3C(C)CC)cc1CO. The number of hydrogen-bond donors (Lipinski definition) is 2. The van der Waals surface area contributed by atoms with Crippen molar-refractivity contribution in [2.75, 3.05) is 6.61 Å². The van der Waals surface area contributed by atoms with Gasteiger partial charge in [-0.2, -0.15) is 5.10 Å². The summed E-state index contributed by atoms with van der Waals surface area (Å²) in [4.78, 5) is 8.11. The highest BCUT2D eigenvalue weighted by Crippen LogP contribution is 2.29. The Hall–Kier alpha value is -2.34. The van der Waals surface area contributed by atoms with Crippen molar-refractivity contribution in [3.8, 4) is 17.1 Å². The highest BCUT2D eigenvalue weighted by molar-refractivity contribution is 5.79. The Kier molecular flexibility index (Phi) is 4.57. The van der Waals surface area contributed by atoms with Gasteiger partial charge in [-0.1, -0.05) is 6.92 Å². The number of H-pyrrole nitrogens is 1. The standard InChI is InChI=1S/C18H24N4O2/c1-5-11(3)22-18-16(12(4)21-22)19-17(20-18)13-7-8-15(24-6-2)14(9-13)10-23/h7-9,11,23H,5-6,10H2,1-4H3,(H,19,20). The van der Waals surface area contributed by atoms with Crippen molar-refractivity contribution in [1.82, 2.24) is 19.7 Å². The molecule has 1 atom stereocenters. The molecule has 6 nitrogen and oxygen atoms in total. The van der Waals surface area contributed by atoms with Crippen LogP contribution in [0, 0.1) is 6.92 Å². The monoisotopic (exact) mass is 328 g/mol. The lowest BCUT2D eigenvalue weighted by Gasteiger charge is -2.10. The molecule has 2 aromatic heterocycles. The zero-order valence-corrected chi connectivity index (χ0v) is 14.6. The van der Waals surface area contributed by atoms with Crippen LogP contribution in [0.25, 0.3) is 22.6 Å². The van der Waals surface area contributed by atoms with Crippen LogP contribution in [0.3, 0.4) is 0 Å². The number of aryl methyl sites for hydroxylation is 1. The summed E-state index contributed by atoms with van der Waals surface area (Å²) in [5.74, 6) is 1.49. The first-order valence-corrected chi connectivity index (χ1v) is 8.40. The number of rotatable bonds is 6. The molecule has 0 aliphatic heterocycles. The Morgan fingerprint density at radius 2 is 2.12 bits per heavy atom. The van der Waals surface area contributed by atoms with Gasteiger partial charge in [0.1, 0.15) is 17.1 Å². The fourth-order valence-electron chi connectivity index (χ4n) is 2.80. The number of nitrogens with one attached hydrogen (secondary N) is 1. The summed E-state index contributed by atoms with van der Waals surface area (Å²) in [6.45, 7) is 8.70. The number of fused-ring (bicyclic) bond motifs is 1. The second kappa shape index (κ2) is 6.65. The molecule has 0 aliphatic rings. The van der Waals surface area contributed by atoms with Crippen molar-refractivity contribution < 1.29 is 9.84 Å². The molecule has 0 aliphatic carbocycles. The molecule has 1 unspecified atom stereocenters. The number of benzene rings is 1. The third kappa shape index (κ3) is 2.78.